The number of nitrogen functional groups attached to an aromatic ring is 1. The summed E-state index contributed by atoms with van der Waals surface area (Å²) >= 11 is 0. The van der Waals surface area contributed by atoms with E-state index in [0.717, 1.165) is 5.75 Å². The number of rotatable bonds is 29. The summed E-state index contributed by atoms with van der Waals surface area (Å²) in [5, 5.41) is 10.9. The molecule has 1 aromatic rings. The molecule has 0 saturated heterocycles. The summed E-state index contributed by atoms with van der Waals surface area (Å²) in [5.74, 6) is -0.758. The molecule has 14 heteroatoms. The van der Waals surface area contributed by atoms with Crippen LogP contribution in [0.5, 0.6) is 5.75 Å². The maximum Gasteiger partial charge on any atom is 0.329 e. The van der Waals surface area contributed by atoms with Gasteiger partial charge in [0.2, 0.25) is 5.91 Å². The number of aliphatic carboxylic acids is 1. The quantitative estimate of drug-likeness (QED) is 0.0858. The predicted octanol–water partition coefficient (Wildman–Crippen LogP) is -0.0188. The topological polar surface area (TPSA) is 175 Å². The van der Waals surface area contributed by atoms with Crippen molar-refractivity contribution in [3.63, 3.8) is 0 Å². The average Bonchev–Trinajstić information content (AvgIpc) is 2.93. The number of hydrogen-bond acceptors (Lipinski definition) is 12. The van der Waals surface area contributed by atoms with E-state index in [1.165, 1.54) is 0 Å². The van der Waals surface area contributed by atoms with Gasteiger partial charge in [0.05, 0.1) is 92.5 Å². The van der Waals surface area contributed by atoms with E-state index in [2.05, 4.69) is 10.1 Å². The van der Waals surface area contributed by atoms with E-state index < -0.39 is 18.5 Å². The lowest BCUT2D eigenvalue weighted by atomic mass is 10.3. The van der Waals surface area contributed by atoms with Crippen molar-refractivity contribution in [1.29, 1.82) is 0 Å². The Bertz CT molecular complexity index is 739. The molecule has 0 atom stereocenters. The smallest absolute Gasteiger partial charge is 0.329 e. The fraction of sp³-hybridized carbons (Fsp3) is 0.692. The molecule has 0 aliphatic carbocycles. The first-order valence-electron chi connectivity index (χ1n) is 13.2. The Balaban J connectivity index is 1.67. The first-order chi connectivity index (χ1) is 19.6. The summed E-state index contributed by atoms with van der Waals surface area (Å²) in [4.78, 5) is 21.6. The second-order valence-electron chi connectivity index (χ2n) is 7.94. The Morgan fingerprint density at radius 1 is 0.575 bits per heavy atom. The van der Waals surface area contributed by atoms with Gasteiger partial charge < -0.3 is 58.8 Å². The van der Waals surface area contributed by atoms with Crippen LogP contribution in [0.4, 0.5) is 5.69 Å². The largest absolute Gasteiger partial charge is 0.491 e. The second kappa shape index (κ2) is 26.7. The van der Waals surface area contributed by atoms with Crippen molar-refractivity contribution in [3.05, 3.63) is 24.3 Å². The highest BCUT2D eigenvalue weighted by atomic mass is 16.6. The Hall–Kier alpha value is -2.56. The van der Waals surface area contributed by atoms with Crippen LogP contribution in [0.25, 0.3) is 0 Å². The number of benzene rings is 1. The molecule has 1 aromatic carbocycles. The number of nitrogens with two attached hydrogens (primary N) is 1. The Morgan fingerprint density at radius 2 is 0.975 bits per heavy atom. The summed E-state index contributed by atoms with van der Waals surface area (Å²) in [7, 11) is 0. The fourth-order valence-corrected chi connectivity index (χ4v) is 2.75. The Kier molecular flexibility index (Phi) is 23.6. The van der Waals surface area contributed by atoms with Gasteiger partial charge in [-0.1, -0.05) is 0 Å². The fourth-order valence-electron chi connectivity index (χ4n) is 2.75. The zero-order valence-electron chi connectivity index (χ0n) is 23.1. The van der Waals surface area contributed by atoms with Crippen LogP contribution in [0.15, 0.2) is 24.3 Å². The highest BCUT2D eigenvalue weighted by molar-refractivity contribution is 5.77. The average molecular weight is 577 g/mol. The van der Waals surface area contributed by atoms with Crippen LogP contribution in [0, 0.1) is 0 Å². The number of nitrogens with one attached hydrogen (secondary N) is 1. The van der Waals surface area contributed by atoms with Gasteiger partial charge in [0.1, 0.15) is 25.6 Å². The molecule has 0 heterocycles. The zero-order valence-corrected chi connectivity index (χ0v) is 23.1. The number of amides is 1. The number of ether oxygens (including phenoxy) is 9. The molecule has 0 radical (unpaired) electrons. The molecule has 0 saturated carbocycles. The minimum atomic E-state index is -1.12. The number of carboxylic acids is 1. The lowest BCUT2D eigenvalue weighted by molar-refractivity contribution is -0.143. The van der Waals surface area contributed by atoms with Gasteiger partial charge in [0.25, 0.3) is 0 Å². The number of carbonyl (C=O) groups excluding carboxylic acids is 1. The van der Waals surface area contributed by atoms with E-state index in [1.807, 2.05) is 12.1 Å². The zero-order chi connectivity index (χ0) is 28.9. The van der Waals surface area contributed by atoms with Crippen molar-refractivity contribution in [3.8, 4) is 5.75 Å². The van der Waals surface area contributed by atoms with Crippen LogP contribution in [0.2, 0.25) is 0 Å². The predicted molar refractivity (Wildman–Crippen MR) is 144 cm³/mol. The molecule has 0 unspecified atom stereocenters. The summed E-state index contributed by atoms with van der Waals surface area (Å²) < 4.78 is 48.1. The molecule has 0 aliphatic rings. The van der Waals surface area contributed by atoms with Crippen molar-refractivity contribution in [2.75, 3.05) is 125 Å². The van der Waals surface area contributed by atoms with Crippen LogP contribution in [-0.2, 0) is 47.5 Å². The molecule has 0 fully saturated rings. The van der Waals surface area contributed by atoms with E-state index in [0.29, 0.717) is 111 Å². The van der Waals surface area contributed by atoms with Crippen molar-refractivity contribution in [2.24, 2.45) is 0 Å². The van der Waals surface area contributed by atoms with Crippen LogP contribution >= 0.6 is 0 Å². The first kappa shape index (κ1) is 35.5. The highest BCUT2D eigenvalue weighted by Gasteiger charge is 2.03. The third-order valence-electron chi connectivity index (χ3n) is 4.64. The standard InChI is InChI=1S/C26H44N2O12/c27-23-1-3-24(4-2-23)40-20-19-38-18-17-37-16-15-36-14-13-35-12-11-34-10-9-33-8-7-32-6-5-28-25(29)21-39-22-26(30)31/h1-4H,5-22,27H2,(H,28,29)(H,30,31). The number of carbonyl (C=O) groups is 2. The third-order valence-corrected chi connectivity index (χ3v) is 4.64. The highest BCUT2D eigenvalue weighted by Crippen LogP contribution is 2.12. The molecule has 40 heavy (non-hydrogen) atoms. The number of carboxylic acid groups (broad SMARTS) is 1. The minimum absolute atomic E-state index is 0.299. The van der Waals surface area contributed by atoms with Gasteiger partial charge in [-0.15, -0.1) is 0 Å². The van der Waals surface area contributed by atoms with Gasteiger partial charge in [-0.2, -0.15) is 0 Å². The van der Waals surface area contributed by atoms with Crippen molar-refractivity contribution >= 4 is 17.6 Å². The van der Waals surface area contributed by atoms with E-state index in [1.54, 1.807) is 12.1 Å². The number of anilines is 1. The van der Waals surface area contributed by atoms with Crippen molar-refractivity contribution in [2.45, 2.75) is 0 Å². The lowest BCUT2D eigenvalue weighted by Crippen LogP contribution is -2.31. The molecular weight excluding hydrogens is 532 g/mol. The first-order valence-corrected chi connectivity index (χ1v) is 13.2. The van der Waals surface area contributed by atoms with Crippen LogP contribution in [0.3, 0.4) is 0 Å². The Labute approximate surface area is 235 Å². The lowest BCUT2D eigenvalue weighted by Gasteiger charge is -2.09. The van der Waals surface area contributed by atoms with Crippen molar-refractivity contribution < 1.29 is 57.3 Å². The Morgan fingerprint density at radius 3 is 1.40 bits per heavy atom. The summed E-state index contributed by atoms with van der Waals surface area (Å²) in [6, 6.07) is 7.22. The molecule has 230 valence electrons. The van der Waals surface area contributed by atoms with E-state index in [-0.39, 0.29) is 6.61 Å². The van der Waals surface area contributed by atoms with Gasteiger partial charge in [-0.05, 0) is 24.3 Å². The molecule has 1 amide bonds. The normalized spacial score (nSPS) is 11.0. The van der Waals surface area contributed by atoms with Gasteiger partial charge in [-0.25, -0.2) is 4.79 Å². The van der Waals surface area contributed by atoms with E-state index in [9.17, 15) is 9.59 Å². The molecule has 4 N–H and O–H groups in total. The molecule has 0 bridgehead atoms. The summed E-state index contributed by atoms with van der Waals surface area (Å²) in [6.45, 7) is 6.27. The molecule has 0 aromatic heterocycles. The van der Waals surface area contributed by atoms with Gasteiger partial charge in [0, 0.05) is 12.2 Å². The monoisotopic (exact) mass is 576 g/mol. The maximum absolute atomic E-state index is 11.3. The van der Waals surface area contributed by atoms with E-state index >= 15 is 0 Å². The molecule has 14 nitrogen and oxygen atoms in total. The minimum Gasteiger partial charge on any atom is -0.491 e. The molecule has 0 spiro atoms. The van der Waals surface area contributed by atoms with Crippen LogP contribution < -0.4 is 15.8 Å². The van der Waals surface area contributed by atoms with Gasteiger partial charge in [-0.3, -0.25) is 4.79 Å². The maximum atomic E-state index is 11.3. The summed E-state index contributed by atoms with van der Waals surface area (Å²) in [6.07, 6.45) is 0. The second-order valence-corrected chi connectivity index (χ2v) is 7.94. The van der Waals surface area contributed by atoms with E-state index in [4.69, 9.17) is 48.7 Å². The van der Waals surface area contributed by atoms with Crippen molar-refractivity contribution in [1.82, 2.24) is 5.32 Å². The molecular formula is C26H44N2O12. The van der Waals surface area contributed by atoms with Crippen LogP contribution in [-0.4, -0.2) is 136 Å². The SMILES string of the molecule is Nc1ccc(OCCOCCOCCOCCOCCOCCOCCOCCNC(=O)COCC(=O)O)cc1. The third kappa shape index (κ3) is 24.5. The molecule has 0 aliphatic heterocycles. The summed E-state index contributed by atoms with van der Waals surface area (Å²) in [5.41, 5.74) is 6.33. The van der Waals surface area contributed by atoms with Crippen LogP contribution in [0.1, 0.15) is 0 Å². The molecule has 1 rings (SSSR count). The van der Waals surface area contributed by atoms with Gasteiger partial charge >= 0.3 is 5.97 Å². The van der Waals surface area contributed by atoms with Gasteiger partial charge in [0.15, 0.2) is 0 Å². The number of hydrogen-bond donors (Lipinski definition) is 3.